The third-order valence-electron chi connectivity index (χ3n) is 8.45. The highest BCUT2D eigenvalue weighted by molar-refractivity contribution is 6.30. The van der Waals surface area contributed by atoms with E-state index in [0.717, 1.165) is 72.9 Å². The van der Waals surface area contributed by atoms with Gasteiger partial charge < -0.3 is 29.0 Å². The summed E-state index contributed by atoms with van der Waals surface area (Å²) < 4.78 is 20.6. The van der Waals surface area contributed by atoms with Crippen LogP contribution >= 0.6 is 11.6 Å². The van der Waals surface area contributed by atoms with Crippen LogP contribution in [-0.4, -0.2) is 67.9 Å². The zero-order valence-corrected chi connectivity index (χ0v) is 24.9. The normalized spacial score (nSPS) is 21.4. The molecule has 0 saturated carbocycles. The Hall–Kier alpha value is -4.19. The number of aromatic carboxylic acids is 1. The SMILES string of the molecule is CC1(c2ccc(Cl)cn2)Oc2cccc(C3CCN(Cc4nc5ccc(C(=O)O)cc5n4C[C@@H]4CCO4)CC3)c2O1.O=CO. The number of pyridine rings is 1. The summed E-state index contributed by atoms with van der Waals surface area (Å²) in [6.45, 7) is 5.61. The maximum atomic E-state index is 11.6. The van der Waals surface area contributed by atoms with Crippen molar-refractivity contribution in [2.75, 3.05) is 19.7 Å². The second kappa shape index (κ2) is 12.4. The Morgan fingerprint density at radius 1 is 1.14 bits per heavy atom. The first-order valence-corrected chi connectivity index (χ1v) is 14.9. The molecule has 11 nitrogen and oxygen atoms in total. The molecule has 5 heterocycles. The predicted octanol–water partition coefficient (Wildman–Crippen LogP) is 5.30. The summed E-state index contributed by atoms with van der Waals surface area (Å²) in [5, 5.41) is 17.0. The fourth-order valence-electron chi connectivity index (χ4n) is 6.08. The Labute approximate surface area is 258 Å². The van der Waals surface area contributed by atoms with Crippen LogP contribution in [0, 0.1) is 0 Å². The molecule has 3 aliphatic rings. The van der Waals surface area contributed by atoms with Crippen LogP contribution in [0.25, 0.3) is 11.0 Å². The van der Waals surface area contributed by atoms with Gasteiger partial charge in [0.15, 0.2) is 11.5 Å². The molecule has 7 rings (SSSR count). The van der Waals surface area contributed by atoms with Crippen LogP contribution in [0.15, 0.2) is 54.7 Å². The molecule has 2 aromatic heterocycles. The number of carboxylic acids is 1. The number of halogens is 1. The van der Waals surface area contributed by atoms with Crippen LogP contribution in [-0.2, 0) is 28.4 Å². The molecule has 2 N–H and O–H groups in total. The van der Waals surface area contributed by atoms with Gasteiger partial charge in [-0.1, -0.05) is 23.7 Å². The lowest BCUT2D eigenvalue weighted by Gasteiger charge is -2.33. The number of carboxylic acid groups (broad SMARTS) is 2. The minimum Gasteiger partial charge on any atom is -0.483 e. The van der Waals surface area contributed by atoms with Crippen LogP contribution in [0.5, 0.6) is 11.5 Å². The number of hydrogen-bond donors (Lipinski definition) is 2. The second-order valence-electron chi connectivity index (χ2n) is 11.3. The molecule has 2 saturated heterocycles. The smallest absolute Gasteiger partial charge is 0.335 e. The molecule has 0 amide bonds. The van der Waals surface area contributed by atoms with Gasteiger partial charge in [-0.15, -0.1) is 0 Å². The molecular weight excluding hydrogens is 588 g/mol. The number of benzene rings is 2. The number of likely N-dealkylation sites (tertiary alicyclic amines) is 1. The Morgan fingerprint density at radius 3 is 2.57 bits per heavy atom. The highest BCUT2D eigenvalue weighted by Gasteiger charge is 2.42. The van der Waals surface area contributed by atoms with E-state index in [2.05, 4.69) is 20.5 Å². The number of rotatable bonds is 7. The first kappa shape index (κ1) is 29.9. The highest BCUT2D eigenvalue weighted by Crippen LogP contribution is 2.49. The fraction of sp³-hybridized carbons (Fsp3) is 0.375. The van der Waals surface area contributed by atoms with E-state index in [1.807, 2.05) is 25.1 Å². The highest BCUT2D eigenvalue weighted by atomic mass is 35.5. The van der Waals surface area contributed by atoms with Gasteiger partial charge in [0.25, 0.3) is 12.3 Å². The van der Waals surface area contributed by atoms with E-state index < -0.39 is 11.8 Å². The van der Waals surface area contributed by atoms with Gasteiger partial charge >= 0.3 is 5.97 Å². The number of fused-ring (bicyclic) bond motifs is 2. The summed E-state index contributed by atoms with van der Waals surface area (Å²) >= 11 is 6.04. The van der Waals surface area contributed by atoms with Gasteiger partial charge in [0.1, 0.15) is 11.5 Å². The maximum absolute atomic E-state index is 11.6. The number of imidazole rings is 1. The Kier molecular flexibility index (Phi) is 8.44. The number of carbonyl (C=O) groups is 2. The molecule has 230 valence electrons. The van der Waals surface area contributed by atoms with Crippen molar-refractivity contribution in [3.8, 4) is 11.5 Å². The lowest BCUT2D eigenvalue weighted by molar-refractivity contribution is -0.122. The molecule has 0 bridgehead atoms. The number of nitrogens with zero attached hydrogens (tertiary/aromatic N) is 4. The molecule has 44 heavy (non-hydrogen) atoms. The van der Waals surface area contributed by atoms with Gasteiger partial charge in [-0.05, 0) is 74.7 Å². The van der Waals surface area contributed by atoms with E-state index in [1.165, 1.54) is 0 Å². The van der Waals surface area contributed by atoms with Crippen molar-refractivity contribution in [1.82, 2.24) is 19.4 Å². The molecule has 2 fully saturated rings. The van der Waals surface area contributed by atoms with Crippen molar-refractivity contribution in [1.29, 1.82) is 0 Å². The summed E-state index contributed by atoms with van der Waals surface area (Å²) in [6.07, 6.45) is 4.70. The van der Waals surface area contributed by atoms with Gasteiger partial charge in [-0.25, -0.2) is 9.78 Å². The maximum Gasteiger partial charge on any atom is 0.335 e. The molecule has 2 atom stereocenters. The minimum absolute atomic E-state index is 0.140. The predicted molar refractivity (Wildman–Crippen MR) is 161 cm³/mol. The van der Waals surface area contributed by atoms with E-state index in [9.17, 15) is 9.90 Å². The molecule has 1 unspecified atom stereocenters. The van der Waals surface area contributed by atoms with Gasteiger partial charge in [-0.2, -0.15) is 0 Å². The molecule has 0 aliphatic carbocycles. The first-order valence-electron chi connectivity index (χ1n) is 14.5. The molecule has 0 spiro atoms. The summed E-state index contributed by atoms with van der Waals surface area (Å²) in [5.41, 5.74) is 3.76. The lowest BCUT2D eigenvalue weighted by Crippen LogP contribution is -2.35. The molecule has 0 radical (unpaired) electrons. The molecule has 4 aromatic rings. The first-order chi connectivity index (χ1) is 21.3. The van der Waals surface area contributed by atoms with Crippen LogP contribution < -0.4 is 9.47 Å². The second-order valence-corrected chi connectivity index (χ2v) is 11.7. The monoisotopic (exact) mass is 620 g/mol. The zero-order valence-electron chi connectivity index (χ0n) is 24.2. The summed E-state index contributed by atoms with van der Waals surface area (Å²) in [7, 11) is 0. The number of hydrogen-bond acceptors (Lipinski definition) is 8. The Morgan fingerprint density at radius 2 is 1.91 bits per heavy atom. The van der Waals surface area contributed by atoms with Gasteiger partial charge in [0.2, 0.25) is 0 Å². The van der Waals surface area contributed by atoms with E-state index in [-0.39, 0.29) is 18.1 Å². The quantitative estimate of drug-likeness (QED) is 0.262. The third kappa shape index (κ3) is 5.95. The molecular formula is C32H33ClN4O7. The van der Waals surface area contributed by atoms with Crippen molar-refractivity contribution in [2.45, 2.75) is 57.1 Å². The van der Waals surface area contributed by atoms with Crippen LogP contribution in [0.1, 0.15) is 59.5 Å². The molecule has 3 aliphatic heterocycles. The van der Waals surface area contributed by atoms with Crippen molar-refractivity contribution in [3.05, 3.63) is 82.4 Å². The summed E-state index contributed by atoms with van der Waals surface area (Å²) in [6, 6.07) is 14.9. The van der Waals surface area contributed by atoms with Crippen LogP contribution in [0.3, 0.4) is 0 Å². The van der Waals surface area contributed by atoms with Crippen LogP contribution in [0.2, 0.25) is 5.02 Å². The van der Waals surface area contributed by atoms with Crippen molar-refractivity contribution < 1.29 is 34.0 Å². The number of ether oxygens (including phenoxy) is 3. The van der Waals surface area contributed by atoms with Gasteiger partial charge in [0, 0.05) is 25.3 Å². The minimum atomic E-state index is -1.01. The topological polar surface area (TPSA) is 136 Å². The lowest BCUT2D eigenvalue weighted by atomic mass is 9.88. The van der Waals surface area contributed by atoms with E-state index in [0.29, 0.717) is 29.7 Å². The average molecular weight is 621 g/mol. The van der Waals surface area contributed by atoms with E-state index >= 15 is 0 Å². The Balaban J connectivity index is 0.00000110. The van der Waals surface area contributed by atoms with Crippen molar-refractivity contribution in [3.63, 3.8) is 0 Å². The number of aromatic nitrogens is 3. The third-order valence-corrected chi connectivity index (χ3v) is 8.67. The average Bonchev–Trinajstić information content (AvgIpc) is 3.52. The Bertz CT molecular complexity index is 1670. The van der Waals surface area contributed by atoms with Gasteiger partial charge in [-0.3, -0.25) is 14.7 Å². The fourth-order valence-corrected chi connectivity index (χ4v) is 6.19. The largest absolute Gasteiger partial charge is 0.483 e. The molecule has 12 heteroatoms. The molecule has 2 aromatic carbocycles. The summed E-state index contributed by atoms with van der Waals surface area (Å²) in [5.74, 6) is 0.868. The number of piperidine rings is 1. The van der Waals surface area contributed by atoms with Crippen molar-refractivity contribution >= 4 is 35.1 Å². The standard InChI is InChI=1S/C31H31ClN4O5.CH2O2/c1-31(27-8-6-21(32)16-33-27)40-26-4-2-3-23(29(26)41-31)19-9-12-35(13-10-19)18-28-34-24-7-5-20(30(37)38)15-25(24)36(28)17-22-11-14-39-22;2-1-3/h2-8,15-16,19,22H,9-14,17-18H2,1H3,(H,37,38);1H,(H,2,3)/t22-,31?;/m0./s1. The van der Waals surface area contributed by atoms with Gasteiger partial charge in [0.05, 0.1) is 40.8 Å². The van der Waals surface area contributed by atoms with Crippen molar-refractivity contribution in [2.24, 2.45) is 0 Å². The van der Waals surface area contributed by atoms with Crippen LogP contribution in [0.4, 0.5) is 0 Å². The van der Waals surface area contributed by atoms with E-state index in [1.54, 1.807) is 30.5 Å². The van der Waals surface area contributed by atoms with E-state index in [4.69, 9.17) is 40.7 Å². The number of para-hydroxylation sites is 1. The zero-order chi connectivity index (χ0) is 30.8. The summed E-state index contributed by atoms with van der Waals surface area (Å²) in [4.78, 5) is 31.8.